The summed E-state index contributed by atoms with van der Waals surface area (Å²) in [5, 5.41) is 12.1. The summed E-state index contributed by atoms with van der Waals surface area (Å²) in [7, 11) is 0. The van der Waals surface area contributed by atoms with Crippen molar-refractivity contribution in [1.82, 2.24) is 15.0 Å². The van der Waals surface area contributed by atoms with Crippen LogP contribution in [0.25, 0.3) is 27.9 Å². The molecular weight excluding hydrogens is 270 g/mol. The van der Waals surface area contributed by atoms with E-state index in [0.29, 0.717) is 0 Å². The van der Waals surface area contributed by atoms with Crippen LogP contribution >= 0.6 is 11.3 Å². The van der Waals surface area contributed by atoms with E-state index in [0.717, 1.165) is 31.5 Å². The van der Waals surface area contributed by atoms with Crippen LogP contribution in [0.1, 0.15) is 11.9 Å². The minimum atomic E-state index is 0.249. The second-order valence-corrected chi connectivity index (χ2v) is 5.36. The number of nitrogens with zero attached hydrogens (tertiary/aromatic N) is 2. The number of imidazole rings is 1. The first-order valence-corrected chi connectivity index (χ1v) is 6.95. The van der Waals surface area contributed by atoms with Gasteiger partial charge in [0.2, 0.25) is 0 Å². The van der Waals surface area contributed by atoms with Crippen molar-refractivity contribution in [3.8, 4) is 5.75 Å². The molecule has 2 heterocycles. The fourth-order valence-corrected chi connectivity index (χ4v) is 2.89. The van der Waals surface area contributed by atoms with E-state index < -0.39 is 0 Å². The monoisotopic (exact) mass is 283 g/mol. The summed E-state index contributed by atoms with van der Waals surface area (Å²) >= 11 is 1.51. The van der Waals surface area contributed by atoms with E-state index in [1.165, 1.54) is 11.3 Å². The number of fused-ring (bicyclic) bond motifs is 1. The molecule has 0 spiro atoms. The molecule has 0 unspecified atom stereocenters. The molecule has 100 valence electrons. The van der Waals surface area contributed by atoms with Gasteiger partial charge in [-0.05, 0) is 31.2 Å². The second kappa shape index (κ2) is 4.94. The van der Waals surface area contributed by atoms with Gasteiger partial charge in [-0.1, -0.05) is 12.7 Å². The van der Waals surface area contributed by atoms with Gasteiger partial charge in [-0.25, -0.2) is 9.97 Å². The number of hydrogen-bond acceptors (Lipinski definition) is 4. The largest absolute Gasteiger partial charge is 0.508 e. The summed E-state index contributed by atoms with van der Waals surface area (Å²) in [6.07, 6.45) is 5.52. The van der Waals surface area contributed by atoms with Gasteiger partial charge in [-0.3, -0.25) is 0 Å². The molecule has 5 heteroatoms. The highest BCUT2D eigenvalue weighted by Crippen LogP contribution is 2.29. The van der Waals surface area contributed by atoms with Crippen LogP contribution in [0.3, 0.4) is 0 Å². The third kappa shape index (κ3) is 2.23. The molecule has 3 rings (SSSR count). The number of benzene rings is 1. The molecule has 0 bridgehead atoms. The van der Waals surface area contributed by atoms with Gasteiger partial charge in [0, 0.05) is 5.57 Å². The molecule has 0 aliphatic heterocycles. The maximum absolute atomic E-state index is 9.49. The number of thiazole rings is 1. The standard InChI is InChI=1S/C15H13N3OS/c1-3-11-13(17-8-16-11)6-9(2)15-18-12-5-4-10(19)7-14(12)20-15/h3-8,19H,2H2,1H3,(H,16,17)/b11-3+,13-6+. The summed E-state index contributed by atoms with van der Waals surface area (Å²) in [6, 6.07) is 5.15. The lowest BCUT2D eigenvalue weighted by atomic mass is 10.3. The lowest BCUT2D eigenvalue weighted by molar-refractivity contribution is 0.476. The van der Waals surface area contributed by atoms with Crippen molar-refractivity contribution in [1.29, 1.82) is 0 Å². The van der Waals surface area contributed by atoms with Crippen LogP contribution in [0.4, 0.5) is 0 Å². The molecule has 2 aromatic heterocycles. The Morgan fingerprint density at radius 2 is 2.30 bits per heavy atom. The van der Waals surface area contributed by atoms with Crippen LogP contribution in [0.5, 0.6) is 5.75 Å². The summed E-state index contributed by atoms with van der Waals surface area (Å²) in [5.41, 5.74) is 1.68. The molecule has 0 amide bonds. The van der Waals surface area contributed by atoms with Crippen molar-refractivity contribution >= 4 is 39.3 Å². The first-order valence-electron chi connectivity index (χ1n) is 6.13. The number of aromatic hydroxyl groups is 1. The Labute approximate surface area is 119 Å². The smallest absolute Gasteiger partial charge is 0.124 e. The summed E-state index contributed by atoms with van der Waals surface area (Å²) in [5.74, 6) is 0.249. The number of phenols is 1. The van der Waals surface area contributed by atoms with E-state index in [1.807, 2.05) is 19.1 Å². The first-order chi connectivity index (χ1) is 9.67. The van der Waals surface area contributed by atoms with Crippen molar-refractivity contribution in [2.24, 2.45) is 0 Å². The van der Waals surface area contributed by atoms with Gasteiger partial charge >= 0.3 is 0 Å². The van der Waals surface area contributed by atoms with Crippen LogP contribution in [0.15, 0.2) is 31.1 Å². The van der Waals surface area contributed by atoms with Crippen molar-refractivity contribution < 1.29 is 5.11 Å². The fraction of sp³-hybridized carbons (Fsp3) is 0.0667. The number of aromatic amines is 1. The zero-order valence-corrected chi connectivity index (χ0v) is 11.7. The van der Waals surface area contributed by atoms with Gasteiger partial charge in [0.05, 0.1) is 27.2 Å². The molecular formula is C15H13N3OS. The highest BCUT2D eigenvalue weighted by atomic mass is 32.1. The highest BCUT2D eigenvalue weighted by molar-refractivity contribution is 7.19. The Balaban J connectivity index is 2.07. The average Bonchev–Trinajstić information content (AvgIpc) is 3.04. The van der Waals surface area contributed by atoms with Gasteiger partial charge in [0.25, 0.3) is 0 Å². The normalized spacial score (nSPS) is 13.2. The quantitative estimate of drug-likeness (QED) is 0.756. The van der Waals surface area contributed by atoms with Crippen LogP contribution in [0, 0.1) is 0 Å². The number of aromatic nitrogens is 3. The van der Waals surface area contributed by atoms with E-state index in [4.69, 9.17) is 0 Å². The second-order valence-electron chi connectivity index (χ2n) is 4.33. The SMILES string of the molecule is C=C(/C=c1/[nH]cn/c1=C/C)c1nc2ccc(O)cc2s1. The summed E-state index contributed by atoms with van der Waals surface area (Å²) in [6.45, 7) is 6.00. The number of rotatable bonds is 2. The van der Waals surface area contributed by atoms with E-state index in [-0.39, 0.29) is 5.75 Å². The van der Waals surface area contributed by atoms with Gasteiger partial charge in [-0.15, -0.1) is 11.3 Å². The zero-order chi connectivity index (χ0) is 14.1. The average molecular weight is 283 g/mol. The Hall–Kier alpha value is -2.40. The van der Waals surface area contributed by atoms with Gasteiger partial charge in [0.15, 0.2) is 0 Å². The number of phenolic OH excluding ortho intramolecular Hbond substituents is 1. The Bertz CT molecular complexity index is 905. The van der Waals surface area contributed by atoms with E-state index in [9.17, 15) is 5.11 Å². The Morgan fingerprint density at radius 1 is 1.45 bits per heavy atom. The number of nitrogens with one attached hydrogen (secondary N) is 1. The topological polar surface area (TPSA) is 61.8 Å². The van der Waals surface area contributed by atoms with Crippen molar-refractivity contribution in [3.05, 3.63) is 46.8 Å². The van der Waals surface area contributed by atoms with Crippen molar-refractivity contribution in [2.45, 2.75) is 6.92 Å². The van der Waals surface area contributed by atoms with E-state index in [2.05, 4.69) is 21.5 Å². The highest BCUT2D eigenvalue weighted by Gasteiger charge is 2.06. The third-order valence-corrected chi connectivity index (χ3v) is 4.03. The van der Waals surface area contributed by atoms with Gasteiger partial charge in [-0.2, -0.15) is 0 Å². The Kier molecular flexibility index (Phi) is 3.12. The lowest BCUT2D eigenvalue weighted by Gasteiger charge is -1.90. The minimum Gasteiger partial charge on any atom is -0.508 e. The third-order valence-electron chi connectivity index (χ3n) is 2.94. The maximum atomic E-state index is 9.49. The molecule has 20 heavy (non-hydrogen) atoms. The summed E-state index contributed by atoms with van der Waals surface area (Å²) < 4.78 is 0.946. The maximum Gasteiger partial charge on any atom is 0.124 e. The molecule has 1 aromatic carbocycles. The molecule has 0 saturated heterocycles. The molecule has 4 nitrogen and oxygen atoms in total. The van der Waals surface area contributed by atoms with Gasteiger partial charge < -0.3 is 10.1 Å². The van der Waals surface area contributed by atoms with E-state index >= 15 is 0 Å². The molecule has 0 saturated carbocycles. The van der Waals surface area contributed by atoms with Crippen molar-refractivity contribution in [3.63, 3.8) is 0 Å². The molecule has 2 N–H and O–H groups in total. The number of allylic oxidation sites excluding steroid dienone is 1. The Morgan fingerprint density at radius 3 is 3.10 bits per heavy atom. The van der Waals surface area contributed by atoms with E-state index in [1.54, 1.807) is 24.5 Å². The fourth-order valence-electron chi connectivity index (χ4n) is 1.95. The predicted molar refractivity (Wildman–Crippen MR) is 82.8 cm³/mol. The van der Waals surface area contributed by atoms with Crippen molar-refractivity contribution in [2.75, 3.05) is 0 Å². The molecule has 0 fully saturated rings. The molecule has 0 radical (unpaired) electrons. The predicted octanol–water partition coefficient (Wildman–Crippen LogP) is 2.02. The number of H-pyrrole nitrogens is 1. The minimum absolute atomic E-state index is 0.249. The van der Waals surface area contributed by atoms with Crippen LogP contribution < -0.4 is 10.7 Å². The molecule has 0 aliphatic rings. The molecule has 0 aliphatic carbocycles. The van der Waals surface area contributed by atoms with Gasteiger partial charge in [0.1, 0.15) is 10.8 Å². The van der Waals surface area contributed by atoms with Crippen LogP contribution in [0.2, 0.25) is 0 Å². The molecule has 0 atom stereocenters. The number of hydrogen-bond donors (Lipinski definition) is 2. The van der Waals surface area contributed by atoms with Crippen LogP contribution in [-0.2, 0) is 0 Å². The lowest BCUT2D eigenvalue weighted by Crippen LogP contribution is -2.23. The zero-order valence-electron chi connectivity index (χ0n) is 10.9. The molecule has 3 aromatic rings. The summed E-state index contributed by atoms with van der Waals surface area (Å²) in [4.78, 5) is 11.8. The first kappa shape index (κ1) is 12.6. The van der Waals surface area contributed by atoms with Crippen LogP contribution in [-0.4, -0.2) is 20.1 Å².